The largest absolute Gasteiger partial charge is 0.399 e. The highest BCUT2D eigenvalue weighted by molar-refractivity contribution is 5.63. The molecule has 0 aliphatic rings. The van der Waals surface area contributed by atoms with Crippen molar-refractivity contribution < 1.29 is 0 Å². The smallest absolute Gasteiger partial charge is 0.0317 e. The van der Waals surface area contributed by atoms with Gasteiger partial charge in [0.2, 0.25) is 0 Å². The van der Waals surface area contributed by atoms with Crippen molar-refractivity contribution in [2.45, 2.75) is 33.6 Å². The summed E-state index contributed by atoms with van der Waals surface area (Å²) >= 11 is 0. The lowest BCUT2D eigenvalue weighted by atomic mass is 10.0. The van der Waals surface area contributed by atoms with Crippen LogP contribution in [0.1, 0.15) is 38.3 Å². The number of aryl methyl sites for hydroxylation is 1. The zero-order valence-electron chi connectivity index (χ0n) is 9.51. The zero-order chi connectivity index (χ0) is 11.0. The van der Waals surface area contributed by atoms with Crippen LogP contribution in [0.5, 0.6) is 0 Å². The first-order valence-electron chi connectivity index (χ1n) is 5.28. The lowest BCUT2D eigenvalue weighted by molar-refractivity contribution is 0.918. The summed E-state index contributed by atoms with van der Waals surface area (Å²) in [7, 11) is 0. The number of benzene rings is 1. The van der Waals surface area contributed by atoms with E-state index in [0.717, 1.165) is 18.4 Å². The summed E-state index contributed by atoms with van der Waals surface area (Å²) in [6, 6.07) is 8.16. The van der Waals surface area contributed by atoms with Crippen LogP contribution in [-0.2, 0) is 6.42 Å². The Labute approximate surface area is 87.6 Å². The maximum atomic E-state index is 5.65. The van der Waals surface area contributed by atoms with Gasteiger partial charge in [0.15, 0.2) is 0 Å². The predicted molar refractivity (Wildman–Crippen MR) is 65.0 cm³/mol. The maximum Gasteiger partial charge on any atom is 0.0317 e. The molecule has 0 bridgehead atoms. The monoisotopic (exact) mass is 191 g/mol. The van der Waals surface area contributed by atoms with Gasteiger partial charge in [-0.3, -0.25) is 0 Å². The summed E-state index contributed by atoms with van der Waals surface area (Å²) < 4.78 is 0. The minimum absolute atomic E-state index is 0.666. The lowest BCUT2D eigenvalue weighted by Gasteiger charge is -2.06. The Balaban J connectivity index is 0.000000791. The van der Waals surface area contributed by atoms with E-state index in [1.807, 2.05) is 32.0 Å². The molecule has 0 atom stereocenters. The fraction of sp³-hybridized carbons (Fsp3) is 0.385. The van der Waals surface area contributed by atoms with Crippen LogP contribution in [0.15, 0.2) is 30.8 Å². The zero-order valence-corrected chi connectivity index (χ0v) is 9.51. The van der Waals surface area contributed by atoms with Crippen molar-refractivity contribution >= 4 is 5.70 Å². The van der Waals surface area contributed by atoms with Crippen molar-refractivity contribution in [1.29, 1.82) is 0 Å². The third-order valence-electron chi connectivity index (χ3n) is 1.88. The van der Waals surface area contributed by atoms with Crippen molar-refractivity contribution in [2.75, 3.05) is 0 Å². The Morgan fingerprint density at radius 2 is 1.86 bits per heavy atom. The van der Waals surface area contributed by atoms with Crippen LogP contribution < -0.4 is 5.73 Å². The first-order valence-corrected chi connectivity index (χ1v) is 5.28. The Morgan fingerprint density at radius 1 is 1.29 bits per heavy atom. The minimum Gasteiger partial charge on any atom is -0.399 e. The molecule has 1 aromatic carbocycles. The molecule has 2 N–H and O–H groups in total. The van der Waals surface area contributed by atoms with Gasteiger partial charge in [0.1, 0.15) is 0 Å². The minimum atomic E-state index is 0.666. The van der Waals surface area contributed by atoms with Gasteiger partial charge in [0.05, 0.1) is 0 Å². The normalized spacial score (nSPS) is 8.79. The van der Waals surface area contributed by atoms with Gasteiger partial charge in [0.25, 0.3) is 0 Å². The van der Waals surface area contributed by atoms with E-state index >= 15 is 0 Å². The van der Waals surface area contributed by atoms with Crippen LogP contribution in [0.3, 0.4) is 0 Å². The average molecular weight is 191 g/mol. The van der Waals surface area contributed by atoms with Crippen molar-refractivity contribution in [3.8, 4) is 0 Å². The second-order valence-electron chi connectivity index (χ2n) is 2.93. The molecule has 1 heteroatoms. The Hall–Kier alpha value is -1.24. The molecule has 78 valence electrons. The van der Waals surface area contributed by atoms with E-state index in [4.69, 9.17) is 5.73 Å². The number of rotatable bonds is 3. The molecule has 0 amide bonds. The van der Waals surface area contributed by atoms with E-state index < -0.39 is 0 Å². The molecule has 0 unspecified atom stereocenters. The number of hydrogen-bond acceptors (Lipinski definition) is 1. The second-order valence-corrected chi connectivity index (χ2v) is 2.93. The lowest BCUT2D eigenvalue weighted by Crippen LogP contribution is -1.98. The van der Waals surface area contributed by atoms with E-state index in [2.05, 4.69) is 19.6 Å². The molecule has 0 heterocycles. The van der Waals surface area contributed by atoms with Crippen molar-refractivity contribution in [2.24, 2.45) is 5.73 Å². The Morgan fingerprint density at radius 3 is 2.36 bits per heavy atom. The quantitative estimate of drug-likeness (QED) is 0.776. The molecule has 0 saturated heterocycles. The van der Waals surface area contributed by atoms with Gasteiger partial charge in [-0.15, -0.1) is 0 Å². The summed E-state index contributed by atoms with van der Waals surface area (Å²) in [6.45, 7) is 9.91. The Kier molecular flexibility index (Phi) is 6.55. The van der Waals surface area contributed by atoms with Gasteiger partial charge < -0.3 is 5.73 Å². The number of hydrogen-bond donors (Lipinski definition) is 1. The van der Waals surface area contributed by atoms with E-state index in [-0.39, 0.29) is 0 Å². The first-order chi connectivity index (χ1) is 6.75. The summed E-state index contributed by atoms with van der Waals surface area (Å²) in [4.78, 5) is 0. The molecule has 0 aliphatic carbocycles. The summed E-state index contributed by atoms with van der Waals surface area (Å²) in [6.07, 6.45) is 2.22. The van der Waals surface area contributed by atoms with Gasteiger partial charge >= 0.3 is 0 Å². The van der Waals surface area contributed by atoms with Gasteiger partial charge in [-0.1, -0.05) is 58.0 Å². The highest BCUT2D eigenvalue weighted by Gasteiger charge is 2.00. The van der Waals surface area contributed by atoms with Crippen molar-refractivity contribution in [3.63, 3.8) is 0 Å². The summed E-state index contributed by atoms with van der Waals surface area (Å²) in [5, 5.41) is 0. The SMILES string of the molecule is C=C(N)c1ccccc1CCC.CC. The van der Waals surface area contributed by atoms with E-state index in [0.29, 0.717) is 5.70 Å². The molecular formula is C13H21N. The van der Waals surface area contributed by atoms with Crippen LogP contribution >= 0.6 is 0 Å². The van der Waals surface area contributed by atoms with E-state index in [1.165, 1.54) is 5.56 Å². The molecular weight excluding hydrogens is 170 g/mol. The van der Waals surface area contributed by atoms with Crippen LogP contribution in [-0.4, -0.2) is 0 Å². The molecule has 1 nitrogen and oxygen atoms in total. The first kappa shape index (κ1) is 12.8. The fourth-order valence-corrected chi connectivity index (χ4v) is 1.32. The molecule has 0 fully saturated rings. The number of nitrogens with two attached hydrogens (primary N) is 1. The summed E-state index contributed by atoms with van der Waals surface area (Å²) in [5.74, 6) is 0. The molecule has 14 heavy (non-hydrogen) atoms. The van der Waals surface area contributed by atoms with Crippen LogP contribution in [0.2, 0.25) is 0 Å². The summed E-state index contributed by atoms with van der Waals surface area (Å²) in [5.41, 5.74) is 8.71. The molecule has 0 spiro atoms. The average Bonchev–Trinajstić information content (AvgIpc) is 2.22. The molecule has 0 radical (unpaired) electrons. The molecule has 0 aliphatic heterocycles. The van der Waals surface area contributed by atoms with Crippen LogP contribution in [0, 0.1) is 0 Å². The standard InChI is InChI=1S/C11H15N.C2H6/c1-3-6-10-7-4-5-8-11(10)9(2)12;1-2/h4-5,7-8H,2-3,6,12H2,1H3;1-2H3. The van der Waals surface area contributed by atoms with Gasteiger partial charge in [-0.25, -0.2) is 0 Å². The highest BCUT2D eigenvalue weighted by atomic mass is 14.6. The maximum absolute atomic E-state index is 5.65. The van der Waals surface area contributed by atoms with E-state index in [9.17, 15) is 0 Å². The fourth-order valence-electron chi connectivity index (χ4n) is 1.32. The third-order valence-corrected chi connectivity index (χ3v) is 1.88. The van der Waals surface area contributed by atoms with Gasteiger partial charge in [0, 0.05) is 5.70 Å². The second kappa shape index (κ2) is 7.19. The van der Waals surface area contributed by atoms with Crippen LogP contribution in [0.4, 0.5) is 0 Å². The molecule has 0 aromatic heterocycles. The van der Waals surface area contributed by atoms with Gasteiger partial charge in [-0.2, -0.15) is 0 Å². The highest BCUT2D eigenvalue weighted by Crippen LogP contribution is 2.15. The van der Waals surface area contributed by atoms with Crippen molar-refractivity contribution in [3.05, 3.63) is 42.0 Å². The predicted octanol–water partition coefficient (Wildman–Crippen LogP) is 3.59. The molecule has 0 saturated carbocycles. The van der Waals surface area contributed by atoms with Crippen LogP contribution in [0.25, 0.3) is 5.70 Å². The van der Waals surface area contributed by atoms with Crippen molar-refractivity contribution in [1.82, 2.24) is 0 Å². The third kappa shape index (κ3) is 3.65. The van der Waals surface area contributed by atoms with E-state index in [1.54, 1.807) is 0 Å². The molecule has 1 rings (SSSR count). The topological polar surface area (TPSA) is 26.0 Å². The van der Waals surface area contributed by atoms with Gasteiger partial charge in [-0.05, 0) is 17.5 Å². The molecule has 1 aromatic rings. The Bertz CT molecular complexity index is 276.